The highest BCUT2D eigenvalue weighted by atomic mass is 32.1. The first-order valence-electron chi connectivity index (χ1n) is 9.68. The molecule has 0 heterocycles. The topological polar surface area (TPSA) is 87.7 Å². The molecule has 158 valence electrons. The summed E-state index contributed by atoms with van der Waals surface area (Å²) in [5.41, 5.74) is 1.69. The number of hydrogen-bond acceptors (Lipinski definition) is 5. The number of esters is 1. The number of anilines is 2. The van der Waals surface area contributed by atoms with E-state index in [1.807, 2.05) is 37.3 Å². The molecule has 2 rings (SSSR count). The molecule has 0 unspecified atom stereocenters. The second kappa shape index (κ2) is 11.7. The zero-order chi connectivity index (χ0) is 21.9. The number of ether oxygens (including phenoxy) is 1. The molecular formula is C22H25N3O4S. The molecule has 2 aromatic rings. The van der Waals surface area contributed by atoms with E-state index in [-0.39, 0.29) is 30.5 Å². The molecule has 2 amide bonds. The van der Waals surface area contributed by atoms with Crippen LogP contribution in [0.15, 0.2) is 54.6 Å². The van der Waals surface area contributed by atoms with Crippen LogP contribution in [0.5, 0.6) is 0 Å². The van der Waals surface area contributed by atoms with Crippen LogP contribution >= 0.6 is 12.2 Å². The molecule has 2 aromatic carbocycles. The van der Waals surface area contributed by atoms with Gasteiger partial charge in [-0.15, -0.1) is 0 Å². The lowest BCUT2D eigenvalue weighted by Gasteiger charge is -2.22. The fraction of sp³-hybridized carbons (Fsp3) is 0.273. The van der Waals surface area contributed by atoms with Crippen molar-refractivity contribution in [3.63, 3.8) is 0 Å². The zero-order valence-electron chi connectivity index (χ0n) is 17.0. The molecule has 0 radical (unpaired) electrons. The highest BCUT2D eigenvalue weighted by Gasteiger charge is 2.19. The van der Waals surface area contributed by atoms with Gasteiger partial charge in [0, 0.05) is 18.7 Å². The maximum absolute atomic E-state index is 13.1. The van der Waals surface area contributed by atoms with E-state index >= 15 is 0 Å². The summed E-state index contributed by atoms with van der Waals surface area (Å²) < 4.78 is 4.79. The van der Waals surface area contributed by atoms with Gasteiger partial charge in [-0.2, -0.15) is 0 Å². The first-order chi connectivity index (χ1) is 14.5. The molecule has 0 bridgehead atoms. The molecule has 7 nitrogen and oxygen atoms in total. The lowest BCUT2D eigenvalue weighted by Crippen LogP contribution is -2.36. The van der Waals surface area contributed by atoms with Crippen LogP contribution in [-0.4, -0.2) is 36.0 Å². The molecule has 0 saturated heterocycles. The van der Waals surface area contributed by atoms with Gasteiger partial charge < -0.3 is 20.3 Å². The second-order valence-electron chi connectivity index (χ2n) is 6.24. The Hall–Kier alpha value is -3.26. The minimum absolute atomic E-state index is 0.0279. The first kappa shape index (κ1) is 23.0. The fourth-order valence-electron chi connectivity index (χ4n) is 2.77. The van der Waals surface area contributed by atoms with Gasteiger partial charge in [-0.05, 0) is 50.3 Å². The predicted molar refractivity (Wildman–Crippen MR) is 120 cm³/mol. The molecule has 0 spiro atoms. The Morgan fingerprint density at radius 3 is 2.30 bits per heavy atom. The van der Waals surface area contributed by atoms with E-state index in [1.165, 1.54) is 0 Å². The number of amides is 2. The van der Waals surface area contributed by atoms with Crippen LogP contribution in [0.3, 0.4) is 0 Å². The van der Waals surface area contributed by atoms with Crippen LogP contribution in [0.2, 0.25) is 0 Å². The summed E-state index contributed by atoms with van der Waals surface area (Å²) in [6.45, 7) is 4.36. The van der Waals surface area contributed by atoms with E-state index in [2.05, 4.69) is 10.6 Å². The monoisotopic (exact) mass is 427 g/mol. The third kappa shape index (κ3) is 6.66. The molecular weight excluding hydrogens is 402 g/mol. The standard InChI is InChI=1S/C22H25N3O4S/c1-3-25(16-10-6-5-7-11-16)21(28)17-12-8-9-13-18(17)23-22(30)24-19(26)14-15-20(27)29-4-2/h5-13H,3-4,14-15H2,1-2H3,(H2,23,24,26,30). The van der Waals surface area contributed by atoms with Crippen molar-refractivity contribution in [3.05, 3.63) is 60.2 Å². The molecule has 0 aliphatic rings. The van der Waals surface area contributed by atoms with Crippen LogP contribution in [0.1, 0.15) is 37.0 Å². The minimum Gasteiger partial charge on any atom is -0.466 e. The summed E-state index contributed by atoms with van der Waals surface area (Å²) in [4.78, 5) is 38.1. The molecule has 8 heteroatoms. The van der Waals surface area contributed by atoms with Gasteiger partial charge in [-0.1, -0.05) is 30.3 Å². The second-order valence-corrected chi connectivity index (χ2v) is 6.65. The molecule has 30 heavy (non-hydrogen) atoms. The number of nitrogens with one attached hydrogen (secondary N) is 2. The molecule has 0 aromatic heterocycles. The number of rotatable bonds is 8. The molecule has 0 atom stereocenters. The first-order valence-corrected chi connectivity index (χ1v) is 10.1. The molecule has 0 aliphatic heterocycles. The maximum atomic E-state index is 13.1. The Labute approximate surface area is 181 Å². The van der Waals surface area contributed by atoms with Gasteiger partial charge in [0.05, 0.1) is 24.3 Å². The van der Waals surface area contributed by atoms with Gasteiger partial charge in [0.15, 0.2) is 5.11 Å². The number of benzene rings is 2. The predicted octanol–water partition coefficient (Wildman–Crippen LogP) is 3.51. The van der Waals surface area contributed by atoms with E-state index in [4.69, 9.17) is 17.0 Å². The largest absolute Gasteiger partial charge is 0.466 e. The highest BCUT2D eigenvalue weighted by molar-refractivity contribution is 7.80. The van der Waals surface area contributed by atoms with E-state index < -0.39 is 11.9 Å². The smallest absolute Gasteiger partial charge is 0.306 e. The van der Waals surface area contributed by atoms with Crippen molar-refractivity contribution in [1.82, 2.24) is 5.32 Å². The third-order valence-electron chi connectivity index (χ3n) is 4.15. The van der Waals surface area contributed by atoms with Gasteiger partial charge in [0.1, 0.15) is 0 Å². The Morgan fingerprint density at radius 1 is 0.967 bits per heavy atom. The normalized spacial score (nSPS) is 10.1. The molecule has 0 fully saturated rings. The molecule has 2 N–H and O–H groups in total. The quantitative estimate of drug-likeness (QED) is 0.495. The van der Waals surface area contributed by atoms with Crippen molar-refractivity contribution in [2.75, 3.05) is 23.4 Å². The van der Waals surface area contributed by atoms with E-state index in [1.54, 1.807) is 36.1 Å². The summed E-state index contributed by atoms with van der Waals surface area (Å²) in [5.74, 6) is -1.05. The number of thiocarbonyl (C=S) groups is 1. The number of carbonyl (C=O) groups excluding carboxylic acids is 3. The van der Waals surface area contributed by atoms with Gasteiger partial charge in [0.2, 0.25) is 5.91 Å². The molecule has 0 aliphatic carbocycles. The fourth-order valence-corrected chi connectivity index (χ4v) is 2.99. The Kier molecular flexibility index (Phi) is 8.96. The van der Waals surface area contributed by atoms with Crippen molar-refractivity contribution in [2.24, 2.45) is 0 Å². The Balaban J connectivity index is 2.06. The van der Waals surface area contributed by atoms with E-state index in [0.717, 1.165) is 5.69 Å². The number of para-hydroxylation sites is 2. The summed E-state index contributed by atoms with van der Waals surface area (Å²) in [7, 11) is 0. The van der Waals surface area contributed by atoms with E-state index in [9.17, 15) is 14.4 Å². The van der Waals surface area contributed by atoms with Crippen molar-refractivity contribution in [3.8, 4) is 0 Å². The van der Waals surface area contributed by atoms with Gasteiger partial charge in [-0.3, -0.25) is 14.4 Å². The lowest BCUT2D eigenvalue weighted by atomic mass is 10.1. The van der Waals surface area contributed by atoms with Crippen LogP contribution < -0.4 is 15.5 Å². The van der Waals surface area contributed by atoms with Gasteiger partial charge >= 0.3 is 5.97 Å². The Morgan fingerprint density at radius 2 is 1.63 bits per heavy atom. The number of carbonyl (C=O) groups is 3. The van der Waals surface area contributed by atoms with Crippen molar-refractivity contribution in [1.29, 1.82) is 0 Å². The number of nitrogens with zero attached hydrogens (tertiary/aromatic N) is 1. The third-order valence-corrected chi connectivity index (χ3v) is 4.35. The van der Waals surface area contributed by atoms with Crippen LogP contribution in [0.4, 0.5) is 11.4 Å². The zero-order valence-corrected chi connectivity index (χ0v) is 17.8. The highest BCUT2D eigenvalue weighted by Crippen LogP contribution is 2.21. The van der Waals surface area contributed by atoms with Crippen molar-refractivity contribution in [2.45, 2.75) is 26.7 Å². The SMILES string of the molecule is CCOC(=O)CCC(=O)NC(=S)Nc1ccccc1C(=O)N(CC)c1ccccc1. The van der Waals surface area contributed by atoms with Crippen molar-refractivity contribution >= 4 is 46.5 Å². The molecule has 0 saturated carbocycles. The average Bonchev–Trinajstić information content (AvgIpc) is 2.74. The lowest BCUT2D eigenvalue weighted by molar-refractivity contribution is -0.144. The van der Waals surface area contributed by atoms with Crippen LogP contribution in [0.25, 0.3) is 0 Å². The summed E-state index contributed by atoms with van der Waals surface area (Å²) in [5, 5.41) is 5.47. The van der Waals surface area contributed by atoms with E-state index in [0.29, 0.717) is 17.8 Å². The van der Waals surface area contributed by atoms with Gasteiger partial charge in [0.25, 0.3) is 5.91 Å². The van der Waals surface area contributed by atoms with Crippen LogP contribution in [0, 0.1) is 0 Å². The summed E-state index contributed by atoms with van der Waals surface area (Å²) in [6, 6.07) is 16.3. The maximum Gasteiger partial charge on any atom is 0.306 e. The number of hydrogen-bond donors (Lipinski definition) is 2. The summed E-state index contributed by atoms with van der Waals surface area (Å²) >= 11 is 5.19. The van der Waals surface area contributed by atoms with Gasteiger partial charge in [-0.25, -0.2) is 0 Å². The average molecular weight is 428 g/mol. The minimum atomic E-state index is -0.442. The van der Waals surface area contributed by atoms with Crippen molar-refractivity contribution < 1.29 is 19.1 Å². The summed E-state index contributed by atoms with van der Waals surface area (Å²) in [6.07, 6.45) is -0.0707. The van der Waals surface area contributed by atoms with Crippen LogP contribution in [-0.2, 0) is 14.3 Å². The Bertz CT molecular complexity index is 902.